The molecule has 5 nitrogen and oxygen atoms in total. The minimum absolute atomic E-state index is 0.205. The summed E-state index contributed by atoms with van der Waals surface area (Å²) in [4.78, 5) is 22.8. The molecular formula is C13H18N2O3. The van der Waals surface area contributed by atoms with Crippen LogP contribution >= 0.6 is 0 Å². The smallest absolute Gasteiger partial charge is 0.426 e. The van der Waals surface area contributed by atoms with Crippen molar-refractivity contribution in [3.63, 3.8) is 0 Å². The van der Waals surface area contributed by atoms with E-state index in [1.165, 1.54) is 0 Å². The molecular weight excluding hydrogens is 232 g/mol. The molecule has 0 heterocycles. The minimum atomic E-state index is -0.677. The Labute approximate surface area is 106 Å². The highest BCUT2D eigenvalue weighted by Crippen LogP contribution is 2.05. The van der Waals surface area contributed by atoms with E-state index in [1.807, 2.05) is 30.3 Å². The zero-order valence-corrected chi connectivity index (χ0v) is 10.8. The van der Waals surface area contributed by atoms with Crippen molar-refractivity contribution in [1.82, 2.24) is 10.9 Å². The molecule has 0 fully saturated rings. The topological polar surface area (TPSA) is 67.4 Å². The summed E-state index contributed by atoms with van der Waals surface area (Å²) >= 11 is 0. The Hall–Kier alpha value is -2.04. The van der Waals surface area contributed by atoms with E-state index >= 15 is 0 Å². The third-order valence-corrected chi connectivity index (χ3v) is 1.91. The van der Waals surface area contributed by atoms with Gasteiger partial charge < -0.3 is 4.74 Å². The van der Waals surface area contributed by atoms with Crippen molar-refractivity contribution in [2.24, 2.45) is 0 Å². The average Bonchev–Trinajstić information content (AvgIpc) is 2.25. The lowest BCUT2D eigenvalue weighted by Crippen LogP contribution is -2.44. The summed E-state index contributed by atoms with van der Waals surface area (Å²) in [7, 11) is 0. The second-order valence-corrected chi connectivity index (χ2v) is 4.84. The van der Waals surface area contributed by atoms with E-state index < -0.39 is 11.7 Å². The Bertz CT molecular complexity index is 410. The van der Waals surface area contributed by atoms with Gasteiger partial charge in [0.15, 0.2) is 0 Å². The molecule has 0 bridgehead atoms. The van der Waals surface area contributed by atoms with Crippen molar-refractivity contribution in [1.29, 1.82) is 0 Å². The Balaban J connectivity index is 2.32. The van der Waals surface area contributed by atoms with Crippen molar-refractivity contribution in [2.45, 2.75) is 32.8 Å². The summed E-state index contributed by atoms with van der Waals surface area (Å²) in [6.07, 6.45) is -0.472. The SMILES string of the molecule is CC(C)(C)OC(=O)NNC(=O)Cc1ccccc1. The van der Waals surface area contributed by atoms with Crippen LogP contribution in [0.2, 0.25) is 0 Å². The largest absolute Gasteiger partial charge is 0.443 e. The predicted molar refractivity (Wildman–Crippen MR) is 67.7 cm³/mol. The van der Waals surface area contributed by atoms with Crippen LogP contribution in [0, 0.1) is 0 Å². The van der Waals surface area contributed by atoms with E-state index in [9.17, 15) is 9.59 Å². The normalized spacial score (nSPS) is 10.6. The predicted octanol–water partition coefficient (Wildman–Crippen LogP) is 1.78. The fourth-order valence-corrected chi connectivity index (χ4v) is 1.25. The number of benzene rings is 1. The van der Waals surface area contributed by atoms with Gasteiger partial charge in [0.1, 0.15) is 5.60 Å². The number of carbonyl (C=O) groups is 2. The first-order valence-electron chi connectivity index (χ1n) is 5.68. The molecule has 0 atom stereocenters. The molecule has 18 heavy (non-hydrogen) atoms. The molecule has 5 heteroatoms. The molecule has 0 aliphatic heterocycles. The van der Waals surface area contributed by atoms with Gasteiger partial charge in [-0.05, 0) is 26.3 Å². The van der Waals surface area contributed by atoms with Crippen molar-refractivity contribution in [2.75, 3.05) is 0 Å². The van der Waals surface area contributed by atoms with Crippen LogP contribution in [0.3, 0.4) is 0 Å². The molecule has 0 radical (unpaired) electrons. The molecule has 2 amide bonds. The van der Waals surface area contributed by atoms with Crippen LogP contribution in [-0.2, 0) is 16.0 Å². The van der Waals surface area contributed by atoms with Gasteiger partial charge >= 0.3 is 6.09 Å². The summed E-state index contributed by atoms with van der Waals surface area (Å²) < 4.78 is 4.97. The van der Waals surface area contributed by atoms with Crippen molar-refractivity contribution < 1.29 is 14.3 Å². The number of hydrogen-bond donors (Lipinski definition) is 2. The molecule has 0 saturated heterocycles. The number of rotatable bonds is 2. The van der Waals surface area contributed by atoms with Crippen LogP contribution in [0.25, 0.3) is 0 Å². The zero-order chi connectivity index (χ0) is 13.6. The first kappa shape index (κ1) is 14.0. The monoisotopic (exact) mass is 250 g/mol. The Morgan fingerprint density at radius 1 is 1.11 bits per heavy atom. The molecule has 1 aromatic carbocycles. The van der Waals surface area contributed by atoms with Crippen molar-refractivity contribution >= 4 is 12.0 Å². The summed E-state index contributed by atoms with van der Waals surface area (Å²) in [5, 5.41) is 0. The van der Waals surface area contributed by atoms with E-state index in [0.717, 1.165) is 5.56 Å². The Morgan fingerprint density at radius 3 is 2.28 bits per heavy atom. The molecule has 0 aliphatic rings. The summed E-state index contributed by atoms with van der Waals surface area (Å²) in [6.45, 7) is 5.25. The van der Waals surface area contributed by atoms with Gasteiger partial charge in [-0.3, -0.25) is 10.2 Å². The van der Waals surface area contributed by atoms with Gasteiger partial charge in [0.2, 0.25) is 5.91 Å². The number of nitrogens with one attached hydrogen (secondary N) is 2. The van der Waals surface area contributed by atoms with Crippen molar-refractivity contribution in [3.8, 4) is 0 Å². The van der Waals surface area contributed by atoms with E-state index in [-0.39, 0.29) is 12.3 Å². The third kappa shape index (κ3) is 5.89. The zero-order valence-electron chi connectivity index (χ0n) is 10.8. The van der Waals surface area contributed by atoms with Crippen LogP contribution in [0.1, 0.15) is 26.3 Å². The molecule has 0 aliphatic carbocycles. The van der Waals surface area contributed by atoms with Crippen molar-refractivity contribution in [3.05, 3.63) is 35.9 Å². The molecule has 0 saturated carbocycles. The third-order valence-electron chi connectivity index (χ3n) is 1.91. The fraction of sp³-hybridized carbons (Fsp3) is 0.385. The van der Waals surface area contributed by atoms with Crippen LogP contribution in [-0.4, -0.2) is 17.6 Å². The second kappa shape index (κ2) is 6.05. The van der Waals surface area contributed by atoms with E-state index in [4.69, 9.17) is 4.74 Å². The first-order chi connectivity index (χ1) is 8.37. The maximum Gasteiger partial charge on any atom is 0.426 e. The van der Waals surface area contributed by atoms with Gasteiger partial charge in [0.25, 0.3) is 0 Å². The molecule has 1 rings (SSSR count). The lowest BCUT2D eigenvalue weighted by atomic mass is 10.1. The molecule has 1 aromatic rings. The van der Waals surface area contributed by atoms with Gasteiger partial charge in [0.05, 0.1) is 6.42 Å². The number of hydrazine groups is 1. The van der Waals surface area contributed by atoms with Gasteiger partial charge in [-0.25, -0.2) is 10.2 Å². The number of amides is 2. The second-order valence-electron chi connectivity index (χ2n) is 4.84. The highest BCUT2D eigenvalue weighted by molar-refractivity contribution is 5.81. The highest BCUT2D eigenvalue weighted by Gasteiger charge is 2.16. The van der Waals surface area contributed by atoms with Gasteiger partial charge in [-0.2, -0.15) is 0 Å². The maximum atomic E-state index is 11.5. The van der Waals surface area contributed by atoms with Gasteiger partial charge in [0, 0.05) is 0 Å². The molecule has 98 valence electrons. The quantitative estimate of drug-likeness (QED) is 0.786. The van der Waals surface area contributed by atoms with E-state index in [1.54, 1.807) is 20.8 Å². The summed E-state index contributed by atoms with van der Waals surface area (Å²) in [5.74, 6) is -0.299. The number of ether oxygens (including phenoxy) is 1. The van der Waals surface area contributed by atoms with Gasteiger partial charge in [-0.15, -0.1) is 0 Å². The lowest BCUT2D eigenvalue weighted by Gasteiger charge is -2.19. The molecule has 0 spiro atoms. The number of hydrogen-bond acceptors (Lipinski definition) is 3. The lowest BCUT2D eigenvalue weighted by molar-refractivity contribution is -0.121. The molecule has 2 N–H and O–H groups in total. The van der Waals surface area contributed by atoms with Crippen LogP contribution in [0.4, 0.5) is 4.79 Å². The average molecular weight is 250 g/mol. The fourth-order valence-electron chi connectivity index (χ4n) is 1.25. The highest BCUT2D eigenvalue weighted by atomic mass is 16.6. The maximum absolute atomic E-state index is 11.5. The Morgan fingerprint density at radius 2 is 1.72 bits per heavy atom. The Kier molecular flexibility index (Phi) is 4.71. The summed E-state index contributed by atoms with van der Waals surface area (Å²) in [6, 6.07) is 9.26. The van der Waals surface area contributed by atoms with Gasteiger partial charge in [-0.1, -0.05) is 30.3 Å². The van der Waals surface area contributed by atoms with E-state index in [0.29, 0.717) is 0 Å². The van der Waals surface area contributed by atoms with E-state index in [2.05, 4.69) is 10.9 Å². The first-order valence-corrected chi connectivity index (χ1v) is 5.68. The van der Waals surface area contributed by atoms with Crippen LogP contribution in [0.5, 0.6) is 0 Å². The standard InChI is InChI=1S/C13H18N2O3/c1-13(2,3)18-12(17)15-14-11(16)9-10-7-5-4-6-8-10/h4-8H,9H2,1-3H3,(H,14,16)(H,15,17). The molecule has 0 unspecified atom stereocenters. The van der Waals surface area contributed by atoms with Crippen LogP contribution in [0.15, 0.2) is 30.3 Å². The number of carbonyl (C=O) groups excluding carboxylic acids is 2. The summed E-state index contributed by atoms with van der Waals surface area (Å²) in [5.41, 5.74) is 4.78. The molecule has 0 aromatic heterocycles. The minimum Gasteiger partial charge on any atom is -0.443 e. The van der Waals surface area contributed by atoms with Crippen LogP contribution < -0.4 is 10.9 Å².